The van der Waals surface area contributed by atoms with Crippen LogP contribution in [0.1, 0.15) is 0 Å². The van der Waals surface area contributed by atoms with Crippen molar-refractivity contribution in [3.05, 3.63) is 54.3 Å². The minimum absolute atomic E-state index is 0.185. The molecule has 3 rings (SSSR count). The van der Waals surface area contributed by atoms with Crippen LogP contribution >= 0.6 is 0 Å². The van der Waals surface area contributed by atoms with Gasteiger partial charge in [-0.15, -0.1) is 0 Å². The molecule has 0 saturated heterocycles. The Morgan fingerprint density at radius 2 is 2.00 bits per heavy atom. The monoisotopic (exact) mass is 350 g/mol. The Morgan fingerprint density at radius 1 is 1.25 bits per heavy atom. The molecule has 0 radical (unpaired) electrons. The van der Waals surface area contributed by atoms with Crippen molar-refractivity contribution in [2.24, 2.45) is 0 Å². The van der Waals surface area contributed by atoms with Crippen molar-refractivity contribution in [3.8, 4) is 5.75 Å². The predicted octanol–water partition coefficient (Wildman–Crippen LogP) is 1.53. The van der Waals surface area contributed by atoms with Crippen LogP contribution in [0.3, 0.4) is 0 Å². The van der Waals surface area contributed by atoms with Crippen LogP contribution in [-0.4, -0.2) is 34.0 Å². The third-order valence-corrected chi connectivity index (χ3v) is 5.43. The largest absolute Gasteiger partial charge is 0.476 e. The Bertz CT molecular complexity index is 885. The molecule has 24 heavy (non-hydrogen) atoms. The summed E-state index contributed by atoms with van der Waals surface area (Å²) in [6, 6.07) is 11.2. The Kier molecular flexibility index (Phi) is 4.15. The lowest BCUT2D eigenvalue weighted by Gasteiger charge is -2.34. The van der Waals surface area contributed by atoms with E-state index >= 15 is 0 Å². The van der Waals surface area contributed by atoms with Gasteiger partial charge in [-0.1, -0.05) is 18.2 Å². The number of anilines is 1. The number of sulfonamides is 1. The van der Waals surface area contributed by atoms with Gasteiger partial charge in [-0.2, -0.15) is 0 Å². The lowest BCUT2D eigenvalue weighted by Crippen LogP contribution is -2.50. The van der Waals surface area contributed by atoms with Crippen LogP contribution in [0.25, 0.3) is 0 Å². The molecule has 6 nitrogen and oxygen atoms in total. The maximum absolute atomic E-state index is 13.4. The molecule has 1 heterocycles. The topological polar surface area (TPSA) is 75.7 Å². The van der Waals surface area contributed by atoms with Gasteiger partial charge in [0.1, 0.15) is 11.6 Å². The average Bonchev–Trinajstić information content (AvgIpc) is 2.60. The van der Waals surface area contributed by atoms with Gasteiger partial charge in [-0.25, -0.2) is 12.8 Å². The predicted molar refractivity (Wildman–Crippen MR) is 85.9 cm³/mol. The summed E-state index contributed by atoms with van der Waals surface area (Å²) in [5.41, 5.74) is 0.307. The quantitative estimate of drug-likeness (QED) is 0.911. The van der Waals surface area contributed by atoms with Crippen LogP contribution in [-0.2, 0) is 14.8 Å². The molecule has 1 aliphatic rings. The molecule has 0 spiro atoms. The molecule has 1 amide bonds. The van der Waals surface area contributed by atoms with E-state index in [1.54, 1.807) is 24.3 Å². The van der Waals surface area contributed by atoms with Gasteiger partial charge in [-0.3, -0.25) is 9.10 Å². The molecule has 2 aromatic carbocycles. The van der Waals surface area contributed by atoms with E-state index in [4.69, 9.17) is 4.74 Å². The van der Waals surface area contributed by atoms with E-state index in [0.717, 1.165) is 10.4 Å². The number of nitrogens with zero attached hydrogens (tertiary/aromatic N) is 1. The average molecular weight is 350 g/mol. The van der Waals surface area contributed by atoms with E-state index in [1.807, 2.05) is 0 Å². The van der Waals surface area contributed by atoms with Crippen LogP contribution in [0.4, 0.5) is 10.1 Å². The van der Waals surface area contributed by atoms with E-state index in [0.29, 0.717) is 5.69 Å². The van der Waals surface area contributed by atoms with Gasteiger partial charge in [0.15, 0.2) is 6.10 Å². The number of hydrogen-bond donors (Lipinski definition) is 1. The fourth-order valence-corrected chi connectivity index (χ4v) is 3.99. The fourth-order valence-electron chi connectivity index (χ4n) is 2.48. The van der Waals surface area contributed by atoms with Crippen molar-refractivity contribution >= 4 is 21.6 Å². The smallest absolute Gasteiger partial charge is 0.264 e. The number of amides is 1. The van der Waals surface area contributed by atoms with E-state index in [9.17, 15) is 17.6 Å². The summed E-state index contributed by atoms with van der Waals surface area (Å²) in [7, 11) is -2.60. The highest BCUT2D eigenvalue weighted by Crippen LogP contribution is 2.36. The number of benzene rings is 2. The second-order valence-electron chi connectivity index (χ2n) is 5.18. The van der Waals surface area contributed by atoms with Crippen molar-refractivity contribution in [2.75, 3.05) is 17.9 Å². The zero-order valence-electron chi connectivity index (χ0n) is 12.8. The minimum Gasteiger partial charge on any atom is -0.476 e. The molecule has 0 aliphatic carbocycles. The second kappa shape index (κ2) is 6.12. The van der Waals surface area contributed by atoms with Crippen LogP contribution in [0.2, 0.25) is 0 Å². The van der Waals surface area contributed by atoms with Crippen LogP contribution in [0.5, 0.6) is 5.75 Å². The zero-order chi connectivity index (χ0) is 17.3. The Balaban J connectivity index is 2.09. The normalized spacial score (nSPS) is 16.9. The van der Waals surface area contributed by atoms with E-state index < -0.39 is 27.9 Å². The third-order valence-electron chi connectivity index (χ3n) is 3.66. The Morgan fingerprint density at radius 3 is 2.71 bits per heavy atom. The van der Waals surface area contributed by atoms with Crippen molar-refractivity contribution in [1.82, 2.24) is 5.32 Å². The molecule has 1 N–H and O–H groups in total. The van der Waals surface area contributed by atoms with Gasteiger partial charge in [0.05, 0.1) is 17.1 Å². The summed E-state index contributed by atoms with van der Waals surface area (Å²) in [6.07, 6.45) is -0.992. The summed E-state index contributed by atoms with van der Waals surface area (Å²) in [6.45, 7) is -0.199. The summed E-state index contributed by atoms with van der Waals surface area (Å²) in [5, 5.41) is 2.44. The summed E-state index contributed by atoms with van der Waals surface area (Å²) >= 11 is 0. The lowest BCUT2D eigenvalue weighted by atomic mass is 10.2. The zero-order valence-corrected chi connectivity index (χ0v) is 13.6. The molecule has 0 bridgehead atoms. The maximum atomic E-state index is 13.4. The highest BCUT2D eigenvalue weighted by Gasteiger charge is 2.37. The maximum Gasteiger partial charge on any atom is 0.264 e. The molecule has 0 aromatic heterocycles. The van der Waals surface area contributed by atoms with Crippen LogP contribution in [0, 0.1) is 5.82 Å². The first kappa shape index (κ1) is 16.3. The number of carbonyl (C=O) groups is 1. The SMILES string of the molecule is CNC(=O)C1CN(S(=O)(=O)c2cccc(F)c2)c2ccccc2O1. The number of carbonyl (C=O) groups excluding carboxylic acids is 1. The van der Waals surface area contributed by atoms with Gasteiger partial charge in [0, 0.05) is 7.05 Å². The molecule has 8 heteroatoms. The van der Waals surface area contributed by atoms with Gasteiger partial charge >= 0.3 is 0 Å². The van der Waals surface area contributed by atoms with E-state index in [1.165, 1.54) is 25.2 Å². The van der Waals surface area contributed by atoms with Crippen molar-refractivity contribution in [2.45, 2.75) is 11.0 Å². The Labute approximate surface area is 138 Å². The number of hydrogen-bond acceptors (Lipinski definition) is 4. The van der Waals surface area contributed by atoms with Gasteiger partial charge < -0.3 is 10.1 Å². The lowest BCUT2D eigenvalue weighted by molar-refractivity contribution is -0.127. The molecule has 0 fully saturated rings. The number of likely N-dealkylation sites (N-methyl/N-ethyl adjacent to an activating group) is 1. The number of para-hydroxylation sites is 2. The molecule has 1 atom stereocenters. The molecule has 0 saturated carbocycles. The molecular weight excluding hydrogens is 335 g/mol. The van der Waals surface area contributed by atoms with Gasteiger partial charge in [0.2, 0.25) is 0 Å². The Hall–Kier alpha value is -2.61. The number of nitrogens with one attached hydrogen (secondary N) is 1. The molecule has 1 aliphatic heterocycles. The standard InChI is InChI=1S/C16H15FN2O4S/c1-18-16(20)15-10-19(13-7-2-3-8-14(13)23-15)24(21,22)12-6-4-5-11(17)9-12/h2-9,15H,10H2,1H3,(H,18,20). The second-order valence-corrected chi connectivity index (χ2v) is 7.04. The van der Waals surface area contributed by atoms with E-state index in [-0.39, 0.29) is 17.2 Å². The number of fused-ring (bicyclic) bond motifs is 1. The van der Waals surface area contributed by atoms with Crippen molar-refractivity contribution < 1.29 is 22.3 Å². The molecule has 126 valence electrons. The first-order chi connectivity index (χ1) is 11.4. The summed E-state index contributed by atoms with van der Waals surface area (Å²) in [5.74, 6) is -0.818. The third kappa shape index (κ3) is 2.80. The molecule has 1 unspecified atom stereocenters. The summed E-state index contributed by atoms with van der Waals surface area (Å²) in [4.78, 5) is 11.7. The van der Waals surface area contributed by atoms with Gasteiger partial charge in [0.25, 0.3) is 15.9 Å². The highest BCUT2D eigenvalue weighted by molar-refractivity contribution is 7.92. The van der Waals surface area contributed by atoms with Crippen LogP contribution < -0.4 is 14.4 Å². The van der Waals surface area contributed by atoms with E-state index in [2.05, 4.69) is 5.32 Å². The van der Waals surface area contributed by atoms with Crippen molar-refractivity contribution in [3.63, 3.8) is 0 Å². The molecule has 2 aromatic rings. The number of rotatable bonds is 3. The first-order valence-electron chi connectivity index (χ1n) is 7.19. The van der Waals surface area contributed by atoms with Gasteiger partial charge in [-0.05, 0) is 30.3 Å². The minimum atomic E-state index is -4.04. The van der Waals surface area contributed by atoms with Crippen molar-refractivity contribution in [1.29, 1.82) is 0 Å². The fraction of sp³-hybridized carbons (Fsp3) is 0.188. The number of halogens is 1. The van der Waals surface area contributed by atoms with Crippen LogP contribution in [0.15, 0.2) is 53.4 Å². The first-order valence-corrected chi connectivity index (χ1v) is 8.63. The number of ether oxygens (including phenoxy) is 1. The highest BCUT2D eigenvalue weighted by atomic mass is 32.2. The summed E-state index contributed by atoms with van der Waals surface area (Å²) < 4.78 is 46.0. The molecular formula is C16H15FN2O4S.